The van der Waals surface area contributed by atoms with Gasteiger partial charge in [-0.15, -0.1) is 0 Å². The Balaban J connectivity index is 3.34. The van der Waals surface area contributed by atoms with Crippen LogP contribution in [0.4, 0.5) is 0 Å². The van der Waals surface area contributed by atoms with E-state index in [-0.39, 0.29) is 11.8 Å². The average Bonchev–Trinajstić information content (AvgIpc) is 1.65. The highest BCUT2D eigenvalue weighted by Gasteiger charge is 1.98. The highest BCUT2D eigenvalue weighted by atomic mass is 32.1. The van der Waals surface area contributed by atoms with Crippen molar-refractivity contribution in [1.29, 1.82) is 0 Å². The molecule has 0 aromatic heterocycles. The van der Waals surface area contributed by atoms with E-state index in [0.29, 0.717) is 5.75 Å². The molecule has 0 saturated heterocycles. The van der Waals surface area contributed by atoms with Crippen LogP contribution >= 0.6 is 12.6 Å². The van der Waals surface area contributed by atoms with Crippen molar-refractivity contribution in [2.24, 2.45) is 5.73 Å². The molecule has 42 valence electrons. The van der Waals surface area contributed by atoms with Crippen molar-refractivity contribution < 1.29 is 5.11 Å². The molecule has 0 aliphatic carbocycles. The molecule has 0 aromatic carbocycles. The van der Waals surface area contributed by atoms with Gasteiger partial charge in [0.05, 0.1) is 6.04 Å². The number of hydrogen-bond acceptors (Lipinski definition) is 3. The normalized spacial score (nSPS) is 13.4. The minimum absolute atomic E-state index is 0.00463. The number of rotatable bonds is 2. The van der Waals surface area contributed by atoms with Gasteiger partial charge in [0.2, 0.25) is 0 Å². The summed E-state index contributed by atoms with van der Waals surface area (Å²) in [5.74, 6) is 0.435. The molecule has 0 spiro atoms. The second-order valence-corrected chi connectivity index (χ2v) is 1.65. The van der Waals surface area contributed by atoms with Crippen molar-refractivity contribution >= 4 is 12.6 Å². The number of thiol groups is 1. The van der Waals surface area contributed by atoms with Gasteiger partial charge in [0, 0.05) is 5.75 Å². The highest BCUT2D eigenvalue weighted by molar-refractivity contribution is 7.80. The third-order valence-electron chi connectivity index (χ3n) is 0.625. The maximum atomic E-state index is 8.45. The molecule has 0 heterocycles. The van der Waals surface area contributed by atoms with Gasteiger partial charge in [0.15, 0.2) is 0 Å². The number of aliphatic hydroxyl groups is 1. The smallest absolute Gasteiger partial charge is 0.103 e. The topological polar surface area (TPSA) is 46.2 Å². The lowest BCUT2D eigenvalue weighted by Crippen LogP contribution is -2.23. The van der Waals surface area contributed by atoms with Gasteiger partial charge in [-0.1, -0.05) is 6.58 Å². The molecule has 3 N–H and O–H groups in total. The van der Waals surface area contributed by atoms with Gasteiger partial charge in [0.1, 0.15) is 5.76 Å². The first-order chi connectivity index (χ1) is 3.18. The summed E-state index contributed by atoms with van der Waals surface area (Å²) in [5.41, 5.74) is 5.19. The van der Waals surface area contributed by atoms with Crippen LogP contribution < -0.4 is 5.73 Å². The third kappa shape index (κ3) is 2.53. The Morgan fingerprint density at radius 2 is 2.43 bits per heavy atom. The maximum absolute atomic E-state index is 8.45. The standard InChI is InChI=1S/C4H9NOS/c1-3(6)4(5)2-7/h4,6-7H,1-2,5H2. The Bertz CT molecular complexity index is 74.1. The van der Waals surface area contributed by atoms with Crippen LogP contribution in [0.3, 0.4) is 0 Å². The van der Waals surface area contributed by atoms with E-state index < -0.39 is 0 Å². The van der Waals surface area contributed by atoms with E-state index in [2.05, 4.69) is 19.2 Å². The largest absolute Gasteiger partial charge is 0.511 e. The lowest BCUT2D eigenvalue weighted by molar-refractivity contribution is 0.379. The highest BCUT2D eigenvalue weighted by Crippen LogP contribution is 1.90. The quantitative estimate of drug-likeness (QED) is 0.362. The molecule has 1 atom stereocenters. The molecular weight excluding hydrogens is 110 g/mol. The Morgan fingerprint density at radius 3 is 2.43 bits per heavy atom. The van der Waals surface area contributed by atoms with Crippen molar-refractivity contribution in [1.82, 2.24) is 0 Å². The molecular formula is C4H9NOS. The van der Waals surface area contributed by atoms with Crippen molar-refractivity contribution in [2.45, 2.75) is 6.04 Å². The summed E-state index contributed by atoms with van der Waals surface area (Å²) < 4.78 is 0. The van der Waals surface area contributed by atoms with Crippen LogP contribution in [0.5, 0.6) is 0 Å². The Kier molecular flexibility index (Phi) is 2.87. The van der Waals surface area contributed by atoms with Gasteiger partial charge in [-0.25, -0.2) is 0 Å². The molecule has 3 heteroatoms. The van der Waals surface area contributed by atoms with Crippen molar-refractivity contribution in [2.75, 3.05) is 5.75 Å². The molecule has 0 amide bonds. The molecule has 2 nitrogen and oxygen atoms in total. The summed E-state index contributed by atoms with van der Waals surface area (Å²) in [7, 11) is 0. The van der Waals surface area contributed by atoms with Crippen LogP contribution in [0.1, 0.15) is 0 Å². The fourth-order valence-electron chi connectivity index (χ4n) is 0.105. The van der Waals surface area contributed by atoms with E-state index in [4.69, 9.17) is 10.8 Å². The van der Waals surface area contributed by atoms with E-state index in [1.807, 2.05) is 0 Å². The monoisotopic (exact) mass is 119 g/mol. The second kappa shape index (κ2) is 2.93. The molecule has 0 rings (SSSR count). The number of hydrogen-bond donors (Lipinski definition) is 3. The molecule has 0 aliphatic heterocycles. The van der Waals surface area contributed by atoms with Gasteiger partial charge < -0.3 is 10.8 Å². The molecule has 7 heavy (non-hydrogen) atoms. The van der Waals surface area contributed by atoms with E-state index in [0.717, 1.165) is 0 Å². The van der Waals surface area contributed by atoms with E-state index in [1.54, 1.807) is 0 Å². The maximum Gasteiger partial charge on any atom is 0.103 e. The zero-order valence-corrected chi connectivity index (χ0v) is 4.86. The Hall–Kier alpha value is -0.150. The Labute approximate surface area is 48.4 Å². The summed E-state index contributed by atoms with van der Waals surface area (Å²) in [6.45, 7) is 3.21. The van der Waals surface area contributed by atoms with Crippen LogP contribution in [0.15, 0.2) is 12.3 Å². The van der Waals surface area contributed by atoms with E-state index >= 15 is 0 Å². The zero-order valence-electron chi connectivity index (χ0n) is 3.96. The lowest BCUT2D eigenvalue weighted by atomic mass is 10.3. The SMILES string of the molecule is C=C(O)C(N)CS. The summed E-state index contributed by atoms with van der Waals surface area (Å²) >= 11 is 3.81. The lowest BCUT2D eigenvalue weighted by Gasteiger charge is -2.02. The van der Waals surface area contributed by atoms with Crippen molar-refractivity contribution in [3.8, 4) is 0 Å². The molecule has 0 radical (unpaired) electrons. The first kappa shape index (κ1) is 6.85. The molecule has 0 aliphatic rings. The van der Waals surface area contributed by atoms with Crippen LogP contribution in [-0.2, 0) is 0 Å². The van der Waals surface area contributed by atoms with Gasteiger partial charge in [0.25, 0.3) is 0 Å². The van der Waals surface area contributed by atoms with Crippen LogP contribution in [0, 0.1) is 0 Å². The van der Waals surface area contributed by atoms with Crippen LogP contribution in [0.25, 0.3) is 0 Å². The third-order valence-corrected chi connectivity index (χ3v) is 1.02. The zero-order chi connectivity index (χ0) is 5.86. The molecule has 0 bridgehead atoms. The molecule has 1 unspecified atom stereocenters. The number of nitrogens with two attached hydrogens (primary N) is 1. The first-order valence-electron chi connectivity index (χ1n) is 1.92. The summed E-state index contributed by atoms with van der Waals surface area (Å²) in [6, 6.07) is -0.372. The van der Waals surface area contributed by atoms with Crippen LogP contribution in [0.2, 0.25) is 0 Å². The fourth-order valence-corrected chi connectivity index (χ4v) is 0.316. The Morgan fingerprint density at radius 1 is 2.00 bits per heavy atom. The predicted octanol–water partition coefficient (Wildman–Crippen LogP) is 0.315. The van der Waals surface area contributed by atoms with Crippen molar-refractivity contribution in [3.63, 3.8) is 0 Å². The van der Waals surface area contributed by atoms with Gasteiger partial charge >= 0.3 is 0 Å². The average molecular weight is 119 g/mol. The first-order valence-corrected chi connectivity index (χ1v) is 2.56. The molecule has 0 aromatic rings. The minimum Gasteiger partial charge on any atom is -0.511 e. The van der Waals surface area contributed by atoms with E-state index in [1.165, 1.54) is 0 Å². The minimum atomic E-state index is -0.372. The summed E-state index contributed by atoms with van der Waals surface area (Å²) in [6.07, 6.45) is 0. The number of aliphatic hydroxyl groups excluding tert-OH is 1. The van der Waals surface area contributed by atoms with Crippen LogP contribution in [-0.4, -0.2) is 16.9 Å². The molecule has 0 fully saturated rings. The fraction of sp³-hybridized carbons (Fsp3) is 0.500. The predicted molar refractivity (Wildman–Crippen MR) is 33.6 cm³/mol. The van der Waals surface area contributed by atoms with Gasteiger partial charge in [-0.3, -0.25) is 0 Å². The van der Waals surface area contributed by atoms with Gasteiger partial charge in [-0.05, 0) is 0 Å². The summed E-state index contributed by atoms with van der Waals surface area (Å²) in [5, 5.41) is 8.45. The molecule has 0 saturated carbocycles. The summed E-state index contributed by atoms with van der Waals surface area (Å²) in [4.78, 5) is 0. The van der Waals surface area contributed by atoms with Gasteiger partial charge in [-0.2, -0.15) is 12.6 Å². The van der Waals surface area contributed by atoms with E-state index in [9.17, 15) is 0 Å². The van der Waals surface area contributed by atoms with Crippen molar-refractivity contribution in [3.05, 3.63) is 12.3 Å². The second-order valence-electron chi connectivity index (χ2n) is 1.28.